The first-order valence-corrected chi connectivity index (χ1v) is 6.52. The van der Waals surface area contributed by atoms with E-state index < -0.39 is 0 Å². The van der Waals surface area contributed by atoms with Crippen LogP contribution in [0.4, 0.5) is 0 Å². The highest BCUT2D eigenvalue weighted by atomic mass is 16.5. The van der Waals surface area contributed by atoms with Gasteiger partial charge in [-0.1, -0.05) is 0 Å². The molecule has 0 atom stereocenters. The second-order valence-corrected chi connectivity index (χ2v) is 4.86. The lowest BCUT2D eigenvalue weighted by Crippen LogP contribution is -2.35. The van der Waals surface area contributed by atoms with Gasteiger partial charge in [0.05, 0.1) is 24.0 Å². The van der Waals surface area contributed by atoms with Gasteiger partial charge in [-0.05, 0) is 31.0 Å². The van der Waals surface area contributed by atoms with Crippen LogP contribution in [0.2, 0.25) is 0 Å². The summed E-state index contributed by atoms with van der Waals surface area (Å²) in [5, 5.41) is 0. The first kappa shape index (κ1) is 12.2. The summed E-state index contributed by atoms with van der Waals surface area (Å²) in [5.74, 6) is 0.0797. The lowest BCUT2D eigenvalue weighted by atomic mass is 10.1. The third-order valence-electron chi connectivity index (χ3n) is 3.45. The zero-order valence-corrected chi connectivity index (χ0v) is 10.9. The van der Waals surface area contributed by atoms with Crippen LogP contribution >= 0.6 is 0 Å². The van der Waals surface area contributed by atoms with Crippen molar-refractivity contribution in [3.63, 3.8) is 0 Å². The molecule has 1 N–H and O–H groups in total. The van der Waals surface area contributed by atoms with E-state index in [1.807, 2.05) is 23.1 Å². The first-order valence-electron chi connectivity index (χ1n) is 6.52. The average molecular weight is 259 g/mol. The number of aromatic nitrogens is 2. The normalized spacial score (nSPS) is 14.8. The van der Waals surface area contributed by atoms with Crippen LogP contribution in [0.5, 0.6) is 0 Å². The minimum atomic E-state index is 0.0797. The van der Waals surface area contributed by atoms with Crippen molar-refractivity contribution in [1.82, 2.24) is 14.9 Å². The van der Waals surface area contributed by atoms with Gasteiger partial charge in [-0.25, -0.2) is 4.98 Å². The smallest absolute Gasteiger partial charge is 0.254 e. The minimum absolute atomic E-state index is 0.0797. The van der Waals surface area contributed by atoms with Crippen molar-refractivity contribution in [2.45, 2.75) is 18.9 Å². The molecule has 0 unspecified atom stereocenters. The van der Waals surface area contributed by atoms with Crippen molar-refractivity contribution in [3.05, 3.63) is 30.1 Å². The highest BCUT2D eigenvalue weighted by Crippen LogP contribution is 2.28. The van der Waals surface area contributed by atoms with Gasteiger partial charge >= 0.3 is 0 Å². The Hall–Kier alpha value is -1.88. The van der Waals surface area contributed by atoms with Crippen molar-refractivity contribution in [3.8, 4) is 0 Å². The number of nitrogens with zero attached hydrogens (tertiary/aromatic N) is 2. The number of benzene rings is 1. The second kappa shape index (κ2) is 5.01. The van der Waals surface area contributed by atoms with E-state index in [1.165, 1.54) is 0 Å². The van der Waals surface area contributed by atoms with Crippen LogP contribution in [0.3, 0.4) is 0 Å². The van der Waals surface area contributed by atoms with Crippen LogP contribution < -0.4 is 0 Å². The van der Waals surface area contributed by atoms with Gasteiger partial charge in [-0.15, -0.1) is 0 Å². The Kier molecular flexibility index (Phi) is 3.21. The number of aromatic amines is 1. The van der Waals surface area contributed by atoms with E-state index in [2.05, 4.69) is 9.97 Å². The number of H-pyrrole nitrogens is 1. The van der Waals surface area contributed by atoms with Gasteiger partial charge in [0, 0.05) is 25.3 Å². The SMILES string of the molecule is COCCN(C(=O)c1ccc2nc[nH]c2c1)C1CC1. The summed E-state index contributed by atoms with van der Waals surface area (Å²) in [6.45, 7) is 1.23. The molecule has 1 aliphatic carbocycles. The van der Waals surface area contributed by atoms with Crippen LogP contribution in [0, 0.1) is 0 Å². The van der Waals surface area contributed by atoms with Crippen LogP contribution in [0.1, 0.15) is 23.2 Å². The molecule has 0 aliphatic heterocycles. The molecule has 1 heterocycles. The molecule has 5 nitrogen and oxygen atoms in total. The number of methoxy groups -OCH3 is 1. The third kappa shape index (κ3) is 2.46. The van der Waals surface area contributed by atoms with Gasteiger partial charge in [0.15, 0.2) is 0 Å². The van der Waals surface area contributed by atoms with Gasteiger partial charge in [-0.2, -0.15) is 0 Å². The number of carbonyl (C=O) groups excluding carboxylic acids is 1. The van der Waals surface area contributed by atoms with Gasteiger partial charge in [-0.3, -0.25) is 4.79 Å². The zero-order chi connectivity index (χ0) is 13.2. The highest BCUT2D eigenvalue weighted by Gasteiger charge is 2.32. The predicted octanol–water partition coefficient (Wildman–Crippen LogP) is 1.81. The molecule has 5 heteroatoms. The quantitative estimate of drug-likeness (QED) is 0.891. The number of fused-ring (bicyclic) bond motifs is 1. The number of hydrogen-bond donors (Lipinski definition) is 1. The van der Waals surface area contributed by atoms with E-state index in [9.17, 15) is 4.79 Å². The molecule has 1 fully saturated rings. The number of carbonyl (C=O) groups is 1. The van der Waals surface area contributed by atoms with E-state index >= 15 is 0 Å². The lowest BCUT2D eigenvalue weighted by molar-refractivity contribution is 0.0680. The number of nitrogens with one attached hydrogen (secondary N) is 1. The topological polar surface area (TPSA) is 58.2 Å². The fourth-order valence-electron chi connectivity index (χ4n) is 2.26. The van der Waals surface area contributed by atoms with Crippen molar-refractivity contribution < 1.29 is 9.53 Å². The molecule has 0 saturated heterocycles. The van der Waals surface area contributed by atoms with Crippen LogP contribution in [0.25, 0.3) is 11.0 Å². The number of hydrogen-bond acceptors (Lipinski definition) is 3. The molecule has 0 radical (unpaired) electrons. The Labute approximate surface area is 111 Å². The zero-order valence-electron chi connectivity index (χ0n) is 10.9. The highest BCUT2D eigenvalue weighted by molar-refractivity contribution is 5.97. The van der Waals surface area contributed by atoms with E-state index in [-0.39, 0.29) is 5.91 Å². The molecule has 1 aromatic carbocycles. The number of imidazole rings is 1. The summed E-state index contributed by atoms with van der Waals surface area (Å²) < 4.78 is 5.08. The molecule has 19 heavy (non-hydrogen) atoms. The summed E-state index contributed by atoms with van der Waals surface area (Å²) in [5.41, 5.74) is 2.49. The molecular formula is C14H17N3O2. The van der Waals surface area contributed by atoms with Crippen molar-refractivity contribution >= 4 is 16.9 Å². The second-order valence-electron chi connectivity index (χ2n) is 4.86. The van der Waals surface area contributed by atoms with Gasteiger partial charge in [0.2, 0.25) is 0 Å². The molecule has 2 aromatic rings. The van der Waals surface area contributed by atoms with Crippen molar-refractivity contribution in [2.24, 2.45) is 0 Å². The van der Waals surface area contributed by atoms with Gasteiger partial charge in [0.25, 0.3) is 5.91 Å². The maximum absolute atomic E-state index is 12.5. The summed E-state index contributed by atoms with van der Waals surface area (Å²) >= 11 is 0. The summed E-state index contributed by atoms with van der Waals surface area (Å²) in [4.78, 5) is 21.6. The number of amides is 1. The third-order valence-corrected chi connectivity index (χ3v) is 3.45. The Morgan fingerprint density at radius 3 is 3.11 bits per heavy atom. The fraction of sp³-hybridized carbons (Fsp3) is 0.429. The van der Waals surface area contributed by atoms with Crippen LogP contribution in [-0.4, -0.2) is 47.1 Å². The van der Waals surface area contributed by atoms with Gasteiger partial charge in [0.1, 0.15) is 0 Å². The molecule has 1 saturated carbocycles. The molecule has 1 aromatic heterocycles. The molecule has 0 spiro atoms. The standard InChI is InChI=1S/C14H17N3O2/c1-19-7-6-17(11-3-4-11)14(18)10-2-5-12-13(8-10)16-9-15-12/h2,5,8-9,11H,3-4,6-7H2,1H3,(H,15,16). The van der Waals surface area contributed by atoms with Crippen LogP contribution in [-0.2, 0) is 4.74 Å². The van der Waals surface area contributed by atoms with Crippen molar-refractivity contribution in [2.75, 3.05) is 20.3 Å². The predicted molar refractivity (Wildman–Crippen MR) is 72.0 cm³/mol. The summed E-state index contributed by atoms with van der Waals surface area (Å²) in [7, 11) is 1.66. The van der Waals surface area contributed by atoms with Crippen LogP contribution in [0.15, 0.2) is 24.5 Å². The maximum atomic E-state index is 12.5. The van der Waals surface area contributed by atoms with E-state index in [0.717, 1.165) is 23.9 Å². The lowest BCUT2D eigenvalue weighted by Gasteiger charge is -2.22. The molecule has 1 amide bonds. The first-order chi connectivity index (χ1) is 9.29. The largest absolute Gasteiger partial charge is 0.383 e. The Morgan fingerprint density at radius 1 is 1.53 bits per heavy atom. The fourth-order valence-corrected chi connectivity index (χ4v) is 2.26. The minimum Gasteiger partial charge on any atom is -0.383 e. The van der Waals surface area contributed by atoms with Gasteiger partial charge < -0.3 is 14.6 Å². The molecule has 0 bridgehead atoms. The Balaban J connectivity index is 1.83. The van der Waals surface area contributed by atoms with Crippen molar-refractivity contribution in [1.29, 1.82) is 0 Å². The number of ether oxygens (including phenoxy) is 1. The monoisotopic (exact) mass is 259 g/mol. The average Bonchev–Trinajstić information content (AvgIpc) is 3.15. The Morgan fingerprint density at radius 2 is 2.37 bits per heavy atom. The van der Waals surface area contributed by atoms with E-state index in [4.69, 9.17) is 4.74 Å². The van der Waals surface area contributed by atoms with E-state index in [0.29, 0.717) is 24.8 Å². The van der Waals surface area contributed by atoms with E-state index in [1.54, 1.807) is 13.4 Å². The molecule has 1 aliphatic rings. The summed E-state index contributed by atoms with van der Waals surface area (Å²) in [6.07, 6.45) is 3.84. The summed E-state index contributed by atoms with van der Waals surface area (Å²) in [6, 6.07) is 5.97. The Bertz CT molecular complexity index is 589. The maximum Gasteiger partial charge on any atom is 0.254 e. The molecule has 100 valence electrons. The molecule has 3 rings (SSSR count). The molecular weight excluding hydrogens is 242 g/mol. The number of rotatable bonds is 5.